The van der Waals surface area contributed by atoms with Gasteiger partial charge in [0.1, 0.15) is 18.0 Å². The van der Waals surface area contributed by atoms with Gasteiger partial charge in [0.15, 0.2) is 0 Å². The zero-order chi connectivity index (χ0) is 17.0. The lowest BCUT2D eigenvalue weighted by Crippen LogP contribution is -3.00. The fourth-order valence-corrected chi connectivity index (χ4v) is 2.29. The molecule has 130 valence electrons. The summed E-state index contributed by atoms with van der Waals surface area (Å²) in [6.45, 7) is 2.60. The predicted molar refractivity (Wildman–Crippen MR) is 91.8 cm³/mol. The van der Waals surface area contributed by atoms with Gasteiger partial charge in [-0.25, -0.2) is 0 Å². The average molecular weight is 441 g/mol. The van der Waals surface area contributed by atoms with E-state index in [1.807, 2.05) is 43.3 Å². The summed E-state index contributed by atoms with van der Waals surface area (Å²) in [5.74, 6) is 1.12. The molecule has 0 bridgehead atoms. The molecule has 6 heteroatoms. The Morgan fingerprint density at radius 1 is 1.00 bits per heavy atom. The third kappa shape index (κ3) is 5.76. The number of rotatable bonds is 5. The Bertz CT molecular complexity index is 707. The molecular formula is C18H24IN3O2. The summed E-state index contributed by atoms with van der Waals surface area (Å²) in [6.07, 6.45) is 0. The summed E-state index contributed by atoms with van der Waals surface area (Å²) in [6, 6.07) is 11.1. The molecule has 0 amide bonds. The van der Waals surface area contributed by atoms with E-state index in [9.17, 15) is 5.11 Å². The van der Waals surface area contributed by atoms with Crippen LogP contribution >= 0.6 is 0 Å². The molecular weight excluding hydrogens is 417 g/mol. The quantitative estimate of drug-likeness (QED) is 0.433. The highest BCUT2D eigenvalue weighted by Gasteiger charge is 2.15. The fraction of sp³-hybridized carbons (Fsp3) is 0.333. The molecule has 0 aromatic heterocycles. The number of nitrogens with zero attached hydrogens (tertiary/aromatic N) is 3. The van der Waals surface area contributed by atoms with Gasteiger partial charge in [0.25, 0.3) is 0 Å². The van der Waals surface area contributed by atoms with Crippen molar-refractivity contribution in [2.75, 3.05) is 28.3 Å². The van der Waals surface area contributed by atoms with Gasteiger partial charge in [-0.3, -0.25) is 0 Å². The Morgan fingerprint density at radius 3 is 2.12 bits per heavy atom. The van der Waals surface area contributed by atoms with Crippen LogP contribution in [0.4, 0.5) is 11.4 Å². The first-order valence-corrected chi connectivity index (χ1v) is 7.47. The van der Waals surface area contributed by atoms with Gasteiger partial charge in [0, 0.05) is 0 Å². The normalized spacial score (nSPS) is 11.4. The molecule has 0 radical (unpaired) electrons. The summed E-state index contributed by atoms with van der Waals surface area (Å²) < 4.78 is 5.85. The highest BCUT2D eigenvalue weighted by atomic mass is 127. The first-order valence-electron chi connectivity index (χ1n) is 7.47. The summed E-state index contributed by atoms with van der Waals surface area (Å²) in [5.41, 5.74) is 3.17. The number of hydrogen-bond donors (Lipinski definition) is 1. The van der Waals surface area contributed by atoms with E-state index in [0.717, 1.165) is 39.3 Å². The van der Waals surface area contributed by atoms with Crippen LogP contribution in [0.15, 0.2) is 46.6 Å². The topological polar surface area (TPSA) is 54.2 Å². The van der Waals surface area contributed by atoms with Gasteiger partial charge in [0.2, 0.25) is 0 Å². The summed E-state index contributed by atoms with van der Waals surface area (Å²) in [4.78, 5) is 0. The van der Waals surface area contributed by atoms with Gasteiger partial charge < -0.3 is 38.3 Å². The van der Waals surface area contributed by atoms with Crippen LogP contribution in [0.2, 0.25) is 0 Å². The molecule has 0 saturated heterocycles. The highest BCUT2D eigenvalue weighted by Crippen LogP contribution is 2.30. The summed E-state index contributed by atoms with van der Waals surface area (Å²) >= 11 is 0. The number of quaternary nitrogens is 1. The molecule has 0 aliphatic rings. The van der Waals surface area contributed by atoms with Crippen molar-refractivity contribution in [3.63, 3.8) is 0 Å². The van der Waals surface area contributed by atoms with Crippen molar-refractivity contribution < 1.29 is 38.3 Å². The van der Waals surface area contributed by atoms with Crippen LogP contribution in [0.1, 0.15) is 11.1 Å². The molecule has 1 N–H and O–H groups in total. The zero-order valence-corrected chi connectivity index (χ0v) is 16.9. The van der Waals surface area contributed by atoms with Crippen LogP contribution in [0.25, 0.3) is 0 Å². The van der Waals surface area contributed by atoms with Gasteiger partial charge in [0.05, 0.1) is 45.2 Å². The van der Waals surface area contributed by atoms with Crippen molar-refractivity contribution >= 4 is 11.4 Å². The monoisotopic (exact) mass is 441 g/mol. The number of halogens is 1. The second-order valence-electron chi connectivity index (χ2n) is 6.62. The van der Waals surface area contributed by atoms with Crippen molar-refractivity contribution in [2.45, 2.75) is 13.5 Å². The maximum Gasteiger partial charge on any atom is 0.127 e. The average Bonchev–Trinajstić information content (AvgIpc) is 2.49. The van der Waals surface area contributed by atoms with Gasteiger partial charge in [-0.2, -0.15) is 10.2 Å². The second-order valence-corrected chi connectivity index (χ2v) is 6.62. The smallest absolute Gasteiger partial charge is 0.127 e. The Kier molecular flexibility index (Phi) is 7.16. The van der Waals surface area contributed by atoms with Gasteiger partial charge in [-0.1, -0.05) is 0 Å². The Balaban J connectivity index is 0.00000288. The lowest BCUT2D eigenvalue weighted by molar-refractivity contribution is -0.884. The molecule has 0 aliphatic heterocycles. The Labute approximate surface area is 160 Å². The molecule has 2 aromatic carbocycles. The molecule has 0 heterocycles. The number of aromatic hydroxyl groups is 1. The predicted octanol–water partition coefficient (Wildman–Crippen LogP) is 1.33. The maximum absolute atomic E-state index is 10.2. The van der Waals surface area contributed by atoms with E-state index in [1.54, 1.807) is 7.11 Å². The number of benzene rings is 2. The third-order valence-corrected chi connectivity index (χ3v) is 3.36. The molecule has 2 rings (SSSR count). The second kappa shape index (κ2) is 8.43. The lowest BCUT2D eigenvalue weighted by Gasteiger charge is -2.24. The van der Waals surface area contributed by atoms with Crippen molar-refractivity contribution in [3.8, 4) is 11.5 Å². The zero-order valence-electron chi connectivity index (χ0n) is 14.7. The number of methoxy groups -OCH3 is 1. The number of aryl methyl sites for hydroxylation is 1. The summed E-state index contributed by atoms with van der Waals surface area (Å²) in [7, 11) is 7.88. The number of azo groups is 1. The largest absolute Gasteiger partial charge is 1.00 e. The van der Waals surface area contributed by atoms with Crippen molar-refractivity contribution in [3.05, 3.63) is 47.5 Å². The maximum atomic E-state index is 10.2. The molecule has 0 atom stereocenters. The molecule has 0 aliphatic carbocycles. The molecule has 0 unspecified atom stereocenters. The summed E-state index contributed by atoms with van der Waals surface area (Å²) in [5, 5.41) is 18.8. The van der Waals surface area contributed by atoms with E-state index >= 15 is 0 Å². The first kappa shape index (κ1) is 20.4. The SMILES string of the molecule is COc1ccc(N=Nc2cc(C)c(O)c(C[N+](C)(C)C)c2)cc1.[I-]. The van der Waals surface area contributed by atoms with Crippen molar-refractivity contribution in [1.82, 2.24) is 0 Å². The van der Waals surface area contributed by atoms with Crippen LogP contribution in [-0.4, -0.2) is 37.8 Å². The molecule has 2 aromatic rings. The Morgan fingerprint density at radius 2 is 1.58 bits per heavy atom. The number of hydrogen-bond acceptors (Lipinski definition) is 4. The van der Waals surface area contributed by atoms with Crippen LogP contribution in [-0.2, 0) is 6.54 Å². The number of phenolic OH excluding ortho intramolecular Hbond substituents is 1. The first-order chi connectivity index (χ1) is 10.8. The van der Waals surface area contributed by atoms with Gasteiger partial charge >= 0.3 is 0 Å². The van der Waals surface area contributed by atoms with Gasteiger partial charge in [-0.05, 0) is 48.9 Å². The van der Waals surface area contributed by atoms with Crippen molar-refractivity contribution in [2.24, 2.45) is 10.2 Å². The van der Waals surface area contributed by atoms with Crippen LogP contribution in [0.3, 0.4) is 0 Å². The van der Waals surface area contributed by atoms with Gasteiger partial charge in [-0.15, -0.1) is 0 Å². The molecule has 5 nitrogen and oxygen atoms in total. The van der Waals surface area contributed by atoms with E-state index in [0.29, 0.717) is 5.75 Å². The molecule has 0 fully saturated rings. The number of phenols is 1. The minimum absolute atomic E-state index is 0. The fourth-order valence-electron chi connectivity index (χ4n) is 2.29. The molecule has 0 saturated carbocycles. The molecule has 0 spiro atoms. The van der Waals surface area contributed by atoms with Crippen LogP contribution in [0, 0.1) is 6.92 Å². The van der Waals surface area contributed by atoms with Crippen LogP contribution in [0.5, 0.6) is 11.5 Å². The highest BCUT2D eigenvalue weighted by molar-refractivity contribution is 5.52. The van der Waals surface area contributed by atoms with E-state index in [1.165, 1.54) is 0 Å². The minimum atomic E-state index is 0. The van der Waals surface area contributed by atoms with E-state index in [2.05, 4.69) is 31.4 Å². The standard InChI is InChI=1S/C18H23N3O2.HI/c1-13-10-16(11-14(18(13)22)12-21(2,3)4)20-19-15-6-8-17(23-5)9-7-15;/h6-11H,12H2,1-5H3;1H. The van der Waals surface area contributed by atoms with E-state index in [-0.39, 0.29) is 24.0 Å². The van der Waals surface area contributed by atoms with E-state index in [4.69, 9.17) is 4.74 Å². The van der Waals surface area contributed by atoms with Crippen molar-refractivity contribution in [1.29, 1.82) is 0 Å². The Hall–Kier alpha value is -1.67. The minimum Gasteiger partial charge on any atom is -1.00 e. The third-order valence-electron chi connectivity index (χ3n) is 3.36. The van der Waals surface area contributed by atoms with E-state index < -0.39 is 0 Å². The molecule has 24 heavy (non-hydrogen) atoms. The number of ether oxygens (including phenoxy) is 1. The lowest BCUT2D eigenvalue weighted by atomic mass is 10.1. The van der Waals surface area contributed by atoms with Crippen LogP contribution < -0.4 is 28.7 Å².